The maximum absolute atomic E-state index is 14.7. The number of hydrogen-bond donors (Lipinski definition) is 0. The van der Waals surface area contributed by atoms with Gasteiger partial charge in [0.2, 0.25) is 0 Å². The van der Waals surface area contributed by atoms with Crippen LogP contribution in [0.3, 0.4) is 0 Å². The minimum absolute atomic E-state index is 0.188. The van der Waals surface area contributed by atoms with Crippen molar-refractivity contribution in [1.82, 2.24) is 4.57 Å². The van der Waals surface area contributed by atoms with Crippen LogP contribution < -0.4 is 4.90 Å². The second kappa shape index (κ2) is 14.9. The predicted molar refractivity (Wildman–Crippen MR) is 276 cm³/mol. The van der Waals surface area contributed by atoms with Crippen LogP contribution in [0.15, 0.2) is 237 Å². The number of fused-ring (bicyclic) bond motifs is 9. The largest absolute Gasteiger partial charge is 0.310 e. The van der Waals surface area contributed by atoms with Crippen LogP contribution in [0.2, 0.25) is 0 Å². The molecule has 0 atom stereocenters. The fraction of sp³-hybridized carbons (Fsp3) is 0.0625. The molecule has 0 spiro atoms. The summed E-state index contributed by atoms with van der Waals surface area (Å²) in [7, 11) is 0. The number of rotatable bonds is 7. The van der Waals surface area contributed by atoms with Gasteiger partial charge in [-0.25, -0.2) is 4.39 Å². The first-order valence-electron chi connectivity index (χ1n) is 23.2. The second-order valence-corrected chi connectivity index (χ2v) is 18.6. The predicted octanol–water partition coefficient (Wildman–Crippen LogP) is 16.7. The average molecular weight is 861 g/mol. The van der Waals surface area contributed by atoms with E-state index in [9.17, 15) is 4.39 Å². The molecule has 318 valence electrons. The Labute approximate surface area is 390 Å². The molecular formula is C64H45FN2. The molecule has 0 amide bonds. The van der Waals surface area contributed by atoms with Gasteiger partial charge >= 0.3 is 0 Å². The van der Waals surface area contributed by atoms with Gasteiger partial charge in [0.15, 0.2) is 0 Å². The third-order valence-corrected chi connectivity index (χ3v) is 14.7. The van der Waals surface area contributed by atoms with E-state index < -0.39 is 5.41 Å². The van der Waals surface area contributed by atoms with Crippen LogP contribution >= 0.6 is 0 Å². The number of anilines is 3. The number of para-hydroxylation sites is 2. The molecule has 1 heterocycles. The van der Waals surface area contributed by atoms with E-state index >= 15 is 0 Å². The second-order valence-electron chi connectivity index (χ2n) is 18.6. The first kappa shape index (κ1) is 39.1. The van der Waals surface area contributed by atoms with Gasteiger partial charge in [-0.05, 0) is 152 Å². The summed E-state index contributed by atoms with van der Waals surface area (Å²) in [5.74, 6) is -0.261. The summed E-state index contributed by atoms with van der Waals surface area (Å²) in [6.45, 7) is 4.64. The van der Waals surface area contributed by atoms with Crippen molar-refractivity contribution in [2.75, 3.05) is 4.90 Å². The molecule has 0 unspecified atom stereocenters. The smallest absolute Gasteiger partial charge is 0.123 e. The van der Waals surface area contributed by atoms with Crippen molar-refractivity contribution in [2.24, 2.45) is 0 Å². The summed E-state index contributed by atoms with van der Waals surface area (Å²) < 4.78 is 17.1. The van der Waals surface area contributed by atoms with E-state index in [0.29, 0.717) is 0 Å². The zero-order valence-corrected chi connectivity index (χ0v) is 37.3. The van der Waals surface area contributed by atoms with E-state index in [1.165, 1.54) is 83.0 Å². The fourth-order valence-corrected chi connectivity index (χ4v) is 11.7. The molecule has 11 aromatic rings. The third-order valence-electron chi connectivity index (χ3n) is 14.7. The van der Waals surface area contributed by atoms with Gasteiger partial charge in [-0.2, -0.15) is 0 Å². The summed E-state index contributed by atoms with van der Waals surface area (Å²) in [5.41, 5.74) is 20.3. The minimum Gasteiger partial charge on any atom is -0.310 e. The van der Waals surface area contributed by atoms with Crippen LogP contribution in [0.1, 0.15) is 47.2 Å². The monoisotopic (exact) mass is 860 g/mol. The number of nitrogens with zero attached hydrogens (tertiary/aromatic N) is 2. The molecule has 0 saturated carbocycles. The Hall–Kier alpha value is -8.27. The lowest BCUT2D eigenvalue weighted by Gasteiger charge is -2.35. The molecule has 0 N–H and O–H groups in total. The summed E-state index contributed by atoms with van der Waals surface area (Å²) in [6, 6.07) is 84.9. The summed E-state index contributed by atoms with van der Waals surface area (Å²) in [4.78, 5) is 2.30. The minimum atomic E-state index is -0.664. The van der Waals surface area contributed by atoms with E-state index in [0.717, 1.165) is 28.3 Å². The maximum Gasteiger partial charge on any atom is 0.123 e. The Balaban J connectivity index is 1.03. The molecule has 2 aliphatic carbocycles. The van der Waals surface area contributed by atoms with Gasteiger partial charge < -0.3 is 9.47 Å². The molecule has 0 bridgehead atoms. The van der Waals surface area contributed by atoms with Crippen LogP contribution in [-0.2, 0) is 10.8 Å². The molecule has 0 radical (unpaired) electrons. The van der Waals surface area contributed by atoms with Crippen molar-refractivity contribution >= 4 is 38.9 Å². The van der Waals surface area contributed by atoms with E-state index in [4.69, 9.17) is 0 Å². The fourth-order valence-electron chi connectivity index (χ4n) is 11.7. The normalized spacial score (nSPS) is 13.8. The van der Waals surface area contributed by atoms with Crippen molar-refractivity contribution in [3.63, 3.8) is 0 Å². The highest BCUT2D eigenvalue weighted by molar-refractivity contribution is 6.10. The van der Waals surface area contributed by atoms with Crippen LogP contribution in [0.4, 0.5) is 21.5 Å². The molecule has 0 fully saturated rings. The van der Waals surface area contributed by atoms with E-state index in [1.54, 1.807) is 12.1 Å². The SMILES string of the molecule is CC1(C)c2ccccc2-c2ccc(N(c3ccc(F)cc3)c3ccc4c(c3)C(c3ccccc3)(c3ccccc3)c3cc(-c5ccc6c(c5)c5ccccc5n6-c5ccccc5)ccc3-4)cc21. The lowest BCUT2D eigenvalue weighted by molar-refractivity contribution is 0.628. The highest BCUT2D eigenvalue weighted by Gasteiger charge is 2.47. The van der Waals surface area contributed by atoms with Gasteiger partial charge in [0.05, 0.1) is 16.4 Å². The first-order valence-corrected chi connectivity index (χ1v) is 23.2. The lowest BCUT2D eigenvalue weighted by atomic mass is 9.67. The summed E-state index contributed by atoms with van der Waals surface area (Å²) in [6.07, 6.45) is 0. The number of hydrogen-bond acceptors (Lipinski definition) is 1. The highest BCUT2D eigenvalue weighted by atomic mass is 19.1. The van der Waals surface area contributed by atoms with Gasteiger partial charge in [-0.3, -0.25) is 0 Å². The van der Waals surface area contributed by atoms with Gasteiger partial charge in [0.1, 0.15) is 5.82 Å². The number of halogens is 1. The first-order chi connectivity index (χ1) is 32.9. The van der Waals surface area contributed by atoms with Crippen LogP contribution in [0.5, 0.6) is 0 Å². The number of benzene rings is 10. The summed E-state index contributed by atoms with van der Waals surface area (Å²) >= 11 is 0. The van der Waals surface area contributed by atoms with Crippen molar-refractivity contribution in [1.29, 1.82) is 0 Å². The van der Waals surface area contributed by atoms with Gasteiger partial charge in [-0.1, -0.05) is 166 Å². The van der Waals surface area contributed by atoms with Crippen LogP contribution in [0, 0.1) is 5.82 Å². The van der Waals surface area contributed by atoms with Crippen LogP contribution in [-0.4, -0.2) is 4.57 Å². The standard InChI is InChI=1S/C64H45FN2/c1-63(2)57-24-14-12-22-51(57)52-35-32-49(40-58(52)63)66(48-30-28-46(65)29-31-48)50-33-36-54-53-34-26-43(39-59(53)64(60(54)41-50,44-16-6-3-7-17-44)45-18-8-4-9-19-45)42-27-37-62-56(38-42)55-23-13-15-25-61(55)67(62)47-20-10-5-11-21-47/h3-41H,1-2H3. The molecule has 1 aromatic heterocycles. The highest BCUT2D eigenvalue weighted by Crippen LogP contribution is 2.58. The molecule has 0 aliphatic heterocycles. The molecule has 2 nitrogen and oxygen atoms in total. The van der Waals surface area contributed by atoms with E-state index in [-0.39, 0.29) is 11.2 Å². The molecular weight excluding hydrogens is 816 g/mol. The lowest BCUT2D eigenvalue weighted by Crippen LogP contribution is -2.28. The van der Waals surface area contributed by atoms with E-state index in [1.807, 2.05) is 12.1 Å². The van der Waals surface area contributed by atoms with Gasteiger partial charge in [0.25, 0.3) is 0 Å². The summed E-state index contributed by atoms with van der Waals surface area (Å²) in [5, 5.41) is 2.46. The molecule has 2 aliphatic rings. The average Bonchev–Trinajstić information content (AvgIpc) is 3.95. The van der Waals surface area contributed by atoms with Crippen molar-refractivity contribution in [2.45, 2.75) is 24.7 Å². The Morgan fingerprint density at radius 1 is 0.373 bits per heavy atom. The van der Waals surface area contributed by atoms with Crippen molar-refractivity contribution < 1.29 is 4.39 Å². The molecule has 10 aromatic carbocycles. The Bertz CT molecular complexity index is 3680. The van der Waals surface area contributed by atoms with Gasteiger partial charge in [0, 0.05) is 38.9 Å². The van der Waals surface area contributed by atoms with Crippen molar-refractivity contribution in [3.05, 3.63) is 276 Å². The topological polar surface area (TPSA) is 8.17 Å². The Kier molecular flexibility index (Phi) is 8.69. The van der Waals surface area contributed by atoms with Crippen LogP contribution in [0.25, 0.3) is 60.9 Å². The Morgan fingerprint density at radius 2 is 0.866 bits per heavy atom. The quantitative estimate of drug-likeness (QED) is 0.155. The molecule has 3 heteroatoms. The zero-order valence-electron chi connectivity index (χ0n) is 37.3. The third kappa shape index (κ3) is 5.81. The molecule has 0 saturated heterocycles. The van der Waals surface area contributed by atoms with Crippen molar-refractivity contribution in [3.8, 4) is 39.1 Å². The maximum atomic E-state index is 14.7. The molecule has 67 heavy (non-hydrogen) atoms. The Morgan fingerprint density at radius 3 is 1.57 bits per heavy atom. The number of aromatic nitrogens is 1. The zero-order chi connectivity index (χ0) is 44.9. The molecule has 13 rings (SSSR count). The van der Waals surface area contributed by atoms with Gasteiger partial charge in [-0.15, -0.1) is 0 Å². The van der Waals surface area contributed by atoms with E-state index in [2.05, 4.69) is 236 Å².